The van der Waals surface area contributed by atoms with Crippen LogP contribution in [-0.4, -0.2) is 31.6 Å². The van der Waals surface area contributed by atoms with Crippen LogP contribution in [0.3, 0.4) is 0 Å². The van der Waals surface area contributed by atoms with E-state index in [1.54, 1.807) is 0 Å². The largest absolute Gasteiger partial charge is 0.443 e. The van der Waals surface area contributed by atoms with Crippen molar-refractivity contribution in [2.24, 2.45) is 0 Å². The van der Waals surface area contributed by atoms with Gasteiger partial charge in [0.1, 0.15) is 5.60 Å². The van der Waals surface area contributed by atoms with Gasteiger partial charge in [0, 0.05) is 45.7 Å². The Morgan fingerprint density at radius 1 is 0.829 bits per heavy atom. The fourth-order valence-corrected chi connectivity index (χ4v) is 5.90. The van der Waals surface area contributed by atoms with Gasteiger partial charge in [0.2, 0.25) is 0 Å². The lowest BCUT2D eigenvalue weighted by Crippen LogP contribution is -2.36. The van der Waals surface area contributed by atoms with Crippen LogP contribution in [0.4, 0.5) is 4.79 Å². The van der Waals surface area contributed by atoms with E-state index >= 15 is 0 Å². The van der Waals surface area contributed by atoms with Crippen molar-refractivity contribution in [2.45, 2.75) is 46.0 Å². The van der Waals surface area contributed by atoms with Gasteiger partial charge in [-0.2, -0.15) is 0 Å². The average Bonchev–Trinajstić information content (AvgIpc) is 3.42. The number of fused-ring (bicyclic) bond motifs is 9. The molecular formula is C29H25N3O3. The summed E-state index contributed by atoms with van der Waals surface area (Å²) < 4.78 is 10.3. The SMILES string of the molecule is CC(C)(C)OC(=O)N1Cc2c(c3c4ccccc4n4c3c3c2c2ccccc2n3C/C=C\C4)C1=O. The van der Waals surface area contributed by atoms with Crippen LogP contribution in [0.25, 0.3) is 43.6 Å². The van der Waals surface area contributed by atoms with Crippen LogP contribution in [0, 0.1) is 0 Å². The Hall–Kier alpha value is -4.06. The van der Waals surface area contributed by atoms with Crippen LogP contribution in [-0.2, 0) is 24.4 Å². The monoisotopic (exact) mass is 463 g/mol. The molecule has 174 valence electrons. The van der Waals surface area contributed by atoms with Gasteiger partial charge in [-0.05, 0) is 38.5 Å². The maximum absolute atomic E-state index is 13.9. The third-order valence-corrected chi connectivity index (χ3v) is 7.15. The smallest absolute Gasteiger partial charge is 0.417 e. The highest BCUT2D eigenvalue weighted by molar-refractivity contribution is 6.31. The number of allylic oxidation sites excluding steroid dienone is 2. The van der Waals surface area contributed by atoms with Crippen LogP contribution in [0.5, 0.6) is 0 Å². The van der Waals surface area contributed by atoms with Crippen molar-refractivity contribution < 1.29 is 14.3 Å². The first-order valence-corrected chi connectivity index (χ1v) is 12.0. The van der Waals surface area contributed by atoms with Crippen molar-refractivity contribution in [1.82, 2.24) is 14.0 Å². The molecule has 0 unspecified atom stereocenters. The van der Waals surface area contributed by atoms with Gasteiger partial charge in [0.25, 0.3) is 5.91 Å². The molecule has 3 aromatic carbocycles. The summed E-state index contributed by atoms with van der Waals surface area (Å²) in [5, 5.41) is 4.12. The second-order valence-corrected chi connectivity index (χ2v) is 10.4. The lowest BCUT2D eigenvalue weighted by atomic mass is 9.97. The molecule has 2 aromatic heterocycles. The average molecular weight is 464 g/mol. The molecule has 0 radical (unpaired) electrons. The molecular weight excluding hydrogens is 438 g/mol. The summed E-state index contributed by atoms with van der Waals surface area (Å²) in [7, 11) is 0. The first kappa shape index (κ1) is 20.3. The molecule has 0 N–H and O–H groups in total. The standard InChI is InChI=1S/C29H25N3O3/c1-29(2,3)35-28(34)32-16-19-22-17-10-4-6-12-20(17)30-14-8-9-15-31-21-13-7-5-11-18(21)23(24(19)27(32)33)26(31)25(22)30/h4-13H,14-16H2,1-3H3/b9-8-. The van der Waals surface area contributed by atoms with Crippen molar-refractivity contribution in [1.29, 1.82) is 0 Å². The van der Waals surface area contributed by atoms with E-state index in [0.717, 1.165) is 62.3 Å². The number of para-hydroxylation sites is 2. The summed E-state index contributed by atoms with van der Waals surface area (Å²) in [6, 6.07) is 16.6. The van der Waals surface area contributed by atoms with E-state index in [0.29, 0.717) is 5.56 Å². The van der Waals surface area contributed by atoms with Gasteiger partial charge in [-0.25, -0.2) is 9.69 Å². The van der Waals surface area contributed by atoms with E-state index in [2.05, 4.69) is 51.6 Å². The van der Waals surface area contributed by atoms with Crippen LogP contribution in [0.1, 0.15) is 36.7 Å². The molecule has 6 heteroatoms. The van der Waals surface area contributed by atoms with E-state index in [1.807, 2.05) is 39.0 Å². The minimum Gasteiger partial charge on any atom is -0.443 e. The van der Waals surface area contributed by atoms with Crippen LogP contribution in [0.15, 0.2) is 60.7 Å². The Morgan fingerprint density at radius 3 is 1.97 bits per heavy atom. The molecule has 5 aromatic rings. The summed E-state index contributed by atoms with van der Waals surface area (Å²) in [5.41, 5.74) is 5.24. The zero-order valence-electron chi connectivity index (χ0n) is 20.0. The number of imide groups is 1. The molecule has 0 aliphatic carbocycles. The van der Waals surface area contributed by atoms with Crippen LogP contribution >= 0.6 is 0 Å². The van der Waals surface area contributed by atoms with Crippen molar-refractivity contribution in [3.8, 4) is 0 Å². The summed E-state index contributed by atoms with van der Waals surface area (Å²) >= 11 is 0. The topological polar surface area (TPSA) is 56.5 Å². The lowest BCUT2D eigenvalue weighted by Gasteiger charge is -2.23. The number of carbonyl (C=O) groups excluding carboxylic acids is 2. The number of aromatic nitrogens is 2. The number of rotatable bonds is 0. The molecule has 0 saturated heterocycles. The van der Waals surface area contributed by atoms with Gasteiger partial charge in [-0.15, -0.1) is 0 Å². The van der Waals surface area contributed by atoms with Gasteiger partial charge in [0.15, 0.2) is 0 Å². The number of nitrogens with zero attached hydrogens (tertiary/aromatic N) is 3. The number of ether oxygens (including phenoxy) is 1. The van der Waals surface area contributed by atoms with Crippen LogP contribution in [0.2, 0.25) is 0 Å². The highest BCUT2D eigenvalue weighted by Gasteiger charge is 2.40. The van der Waals surface area contributed by atoms with E-state index in [1.165, 1.54) is 4.90 Å². The molecule has 2 amide bonds. The van der Waals surface area contributed by atoms with E-state index < -0.39 is 11.7 Å². The van der Waals surface area contributed by atoms with Crippen LogP contribution < -0.4 is 0 Å². The summed E-state index contributed by atoms with van der Waals surface area (Å²) in [5.74, 6) is -0.284. The predicted octanol–water partition coefficient (Wildman–Crippen LogP) is 6.36. The minimum atomic E-state index is -0.687. The third-order valence-electron chi connectivity index (χ3n) is 7.15. The molecule has 0 atom stereocenters. The van der Waals surface area contributed by atoms with Gasteiger partial charge in [0.05, 0.1) is 23.1 Å². The number of benzene rings is 3. The zero-order chi connectivity index (χ0) is 24.1. The molecule has 2 aliphatic rings. The quantitative estimate of drug-likeness (QED) is 0.251. The van der Waals surface area contributed by atoms with E-state index in [9.17, 15) is 9.59 Å². The molecule has 0 fully saturated rings. The van der Waals surface area contributed by atoms with E-state index in [-0.39, 0.29) is 12.5 Å². The number of amides is 2. The van der Waals surface area contributed by atoms with Gasteiger partial charge < -0.3 is 13.9 Å². The summed E-state index contributed by atoms with van der Waals surface area (Å²) in [4.78, 5) is 28.3. The van der Waals surface area contributed by atoms with E-state index in [4.69, 9.17) is 4.74 Å². The predicted molar refractivity (Wildman–Crippen MR) is 138 cm³/mol. The Balaban J connectivity index is 1.67. The van der Waals surface area contributed by atoms with Crippen molar-refractivity contribution in [3.05, 3.63) is 71.8 Å². The molecule has 6 nitrogen and oxygen atoms in total. The minimum absolute atomic E-state index is 0.207. The first-order chi connectivity index (χ1) is 16.8. The van der Waals surface area contributed by atoms with Crippen molar-refractivity contribution in [2.75, 3.05) is 0 Å². The number of hydrogen-bond acceptors (Lipinski definition) is 3. The van der Waals surface area contributed by atoms with Gasteiger partial charge in [-0.3, -0.25) is 4.79 Å². The zero-order valence-corrected chi connectivity index (χ0v) is 20.0. The third kappa shape index (κ3) is 2.65. The lowest BCUT2D eigenvalue weighted by molar-refractivity contribution is 0.0248. The second-order valence-electron chi connectivity index (χ2n) is 10.4. The molecule has 2 aliphatic heterocycles. The number of hydrogen-bond donors (Lipinski definition) is 0. The highest BCUT2D eigenvalue weighted by atomic mass is 16.6. The van der Waals surface area contributed by atoms with Crippen molar-refractivity contribution in [3.63, 3.8) is 0 Å². The molecule has 7 rings (SSSR count). The Morgan fingerprint density at radius 2 is 1.37 bits per heavy atom. The van der Waals surface area contributed by atoms with Crippen molar-refractivity contribution >= 4 is 55.6 Å². The molecule has 0 bridgehead atoms. The van der Waals surface area contributed by atoms with Gasteiger partial charge >= 0.3 is 6.09 Å². The second kappa shape index (κ2) is 6.75. The highest BCUT2D eigenvalue weighted by Crippen LogP contribution is 2.46. The summed E-state index contributed by atoms with van der Waals surface area (Å²) in [6.07, 6.45) is 3.80. The molecule has 4 heterocycles. The molecule has 0 saturated carbocycles. The fourth-order valence-electron chi connectivity index (χ4n) is 5.90. The maximum Gasteiger partial charge on any atom is 0.417 e. The Kier molecular flexibility index (Phi) is 3.92. The summed E-state index contributed by atoms with van der Waals surface area (Å²) in [6.45, 7) is 7.14. The molecule has 0 spiro atoms. The first-order valence-electron chi connectivity index (χ1n) is 12.0. The van der Waals surface area contributed by atoms with Gasteiger partial charge in [-0.1, -0.05) is 48.6 Å². The number of carbonyl (C=O) groups is 2. The Bertz CT molecular complexity index is 1780. The molecule has 35 heavy (non-hydrogen) atoms. The Labute approximate surface area is 202 Å². The normalized spacial score (nSPS) is 16.4. The fraction of sp³-hybridized carbons (Fsp3) is 0.241. The maximum atomic E-state index is 13.9.